The van der Waals surface area contributed by atoms with E-state index in [0.29, 0.717) is 42.2 Å². The Kier molecular flexibility index (Phi) is 5.29. The predicted molar refractivity (Wildman–Crippen MR) is 89.3 cm³/mol. The van der Waals surface area contributed by atoms with Crippen molar-refractivity contribution in [2.45, 2.75) is 29.6 Å². The molecule has 0 bridgehead atoms. The number of halogens is 2. The summed E-state index contributed by atoms with van der Waals surface area (Å²) in [6.07, 6.45) is 1.28. The van der Waals surface area contributed by atoms with Crippen LogP contribution in [0.2, 0.25) is 0 Å². The standard InChI is InChI=1S/C16H18F2N2O2S2/c17-14-4-1-3-12(16(14)18)11-20-8-6-13(7-9-20)19-24(21,22)15-5-2-10-23-15/h1-5,10,13,19H,6-9,11H2. The summed E-state index contributed by atoms with van der Waals surface area (Å²) >= 11 is 1.19. The fourth-order valence-electron chi connectivity index (χ4n) is 2.81. The molecule has 0 radical (unpaired) electrons. The van der Waals surface area contributed by atoms with Crippen LogP contribution in [0, 0.1) is 11.6 Å². The van der Waals surface area contributed by atoms with E-state index in [0.717, 1.165) is 6.07 Å². The summed E-state index contributed by atoms with van der Waals surface area (Å²) in [5.41, 5.74) is 0.326. The van der Waals surface area contributed by atoms with E-state index in [1.54, 1.807) is 23.6 Å². The van der Waals surface area contributed by atoms with Crippen LogP contribution < -0.4 is 4.72 Å². The number of piperidine rings is 1. The van der Waals surface area contributed by atoms with Gasteiger partial charge in [0.15, 0.2) is 11.6 Å². The molecule has 130 valence electrons. The molecule has 1 N–H and O–H groups in total. The van der Waals surface area contributed by atoms with Crippen LogP contribution in [0.1, 0.15) is 18.4 Å². The summed E-state index contributed by atoms with van der Waals surface area (Å²) in [6, 6.07) is 7.32. The smallest absolute Gasteiger partial charge is 0.250 e. The van der Waals surface area contributed by atoms with Crippen molar-refractivity contribution in [1.29, 1.82) is 0 Å². The summed E-state index contributed by atoms with van der Waals surface area (Å²) in [4.78, 5) is 2.01. The summed E-state index contributed by atoms with van der Waals surface area (Å²) < 4.78 is 54.4. The molecule has 1 aromatic heterocycles. The fourth-order valence-corrected chi connectivity index (χ4v) is 5.13. The van der Waals surface area contributed by atoms with Crippen molar-refractivity contribution in [1.82, 2.24) is 9.62 Å². The number of likely N-dealkylation sites (tertiary alicyclic amines) is 1. The minimum atomic E-state index is -3.46. The van der Waals surface area contributed by atoms with Crippen LogP contribution in [0.5, 0.6) is 0 Å². The molecule has 4 nitrogen and oxygen atoms in total. The normalized spacial score (nSPS) is 17.2. The summed E-state index contributed by atoms with van der Waals surface area (Å²) in [6.45, 7) is 1.59. The molecule has 2 heterocycles. The lowest BCUT2D eigenvalue weighted by Gasteiger charge is -2.32. The summed E-state index contributed by atoms with van der Waals surface area (Å²) in [5.74, 6) is -1.65. The molecule has 2 aromatic rings. The number of benzene rings is 1. The van der Waals surface area contributed by atoms with Gasteiger partial charge >= 0.3 is 0 Å². The molecular formula is C16H18F2N2O2S2. The molecule has 1 aliphatic heterocycles. The van der Waals surface area contributed by atoms with Crippen molar-refractivity contribution in [2.24, 2.45) is 0 Å². The second-order valence-electron chi connectivity index (χ2n) is 5.82. The quantitative estimate of drug-likeness (QED) is 0.878. The summed E-state index contributed by atoms with van der Waals surface area (Å²) in [7, 11) is -3.46. The van der Waals surface area contributed by atoms with Gasteiger partial charge in [0.25, 0.3) is 0 Å². The molecule has 3 rings (SSSR count). The second kappa shape index (κ2) is 7.26. The van der Waals surface area contributed by atoms with Gasteiger partial charge in [-0.05, 0) is 30.4 Å². The Morgan fingerprint density at radius 3 is 2.58 bits per heavy atom. The van der Waals surface area contributed by atoms with Crippen LogP contribution in [-0.2, 0) is 16.6 Å². The van der Waals surface area contributed by atoms with E-state index in [-0.39, 0.29) is 6.04 Å². The second-order valence-corrected chi connectivity index (χ2v) is 8.71. The maximum absolute atomic E-state index is 13.7. The number of hydrogen-bond acceptors (Lipinski definition) is 4. The van der Waals surface area contributed by atoms with Crippen LogP contribution in [0.25, 0.3) is 0 Å². The molecule has 1 aromatic carbocycles. The fraction of sp³-hybridized carbons (Fsp3) is 0.375. The first-order valence-corrected chi connectivity index (χ1v) is 10.0. The maximum Gasteiger partial charge on any atom is 0.250 e. The highest BCUT2D eigenvalue weighted by molar-refractivity contribution is 7.91. The SMILES string of the molecule is O=S(=O)(NC1CCN(Cc2cccc(F)c2F)CC1)c1cccs1. The van der Waals surface area contributed by atoms with E-state index >= 15 is 0 Å². The van der Waals surface area contributed by atoms with E-state index < -0.39 is 21.7 Å². The number of hydrogen-bond donors (Lipinski definition) is 1. The van der Waals surface area contributed by atoms with Gasteiger partial charge in [-0.2, -0.15) is 0 Å². The van der Waals surface area contributed by atoms with Crippen LogP contribution in [0.4, 0.5) is 8.78 Å². The first-order chi connectivity index (χ1) is 11.5. The Balaban J connectivity index is 1.55. The number of sulfonamides is 1. The Morgan fingerprint density at radius 1 is 1.17 bits per heavy atom. The molecule has 0 saturated carbocycles. The highest BCUT2D eigenvalue weighted by Gasteiger charge is 2.25. The van der Waals surface area contributed by atoms with Crippen LogP contribution in [-0.4, -0.2) is 32.4 Å². The van der Waals surface area contributed by atoms with Crippen molar-refractivity contribution in [3.63, 3.8) is 0 Å². The monoisotopic (exact) mass is 372 g/mol. The zero-order valence-corrected chi connectivity index (χ0v) is 14.5. The van der Waals surface area contributed by atoms with Gasteiger partial charge in [-0.15, -0.1) is 11.3 Å². The lowest BCUT2D eigenvalue weighted by atomic mass is 10.1. The average Bonchev–Trinajstić information content (AvgIpc) is 3.09. The third-order valence-corrected chi connectivity index (χ3v) is 7.01. The van der Waals surface area contributed by atoms with Gasteiger partial charge in [-0.25, -0.2) is 21.9 Å². The van der Waals surface area contributed by atoms with E-state index in [2.05, 4.69) is 4.72 Å². The lowest BCUT2D eigenvalue weighted by Crippen LogP contribution is -2.44. The third kappa shape index (κ3) is 4.00. The van der Waals surface area contributed by atoms with Crippen molar-refractivity contribution in [3.05, 3.63) is 52.9 Å². The van der Waals surface area contributed by atoms with Crippen LogP contribution >= 0.6 is 11.3 Å². The third-order valence-electron chi connectivity index (χ3n) is 4.09. The van der Waals surface area contributed by atoms with E-state index in [1.165, 1.54) is 17.4 Å². The highest BCUT2D eigenvalue weighted by Crippen LogP contribution is 2.20. The molecule has 24 heavy (non-hydrogen) atoms. The number of nitrogens with one attached hydrogen (secondary N) is 1. The molecule has 0 amide bonds. The average molecular weight is 372 g/mol. The zero-order chi connectivity index (χ0) is 17.2. The van der Waals surface area contributed by atoms with Crippen molar-refractivity contribution >= 4 is 21.4 Å². The Labute approximate surface area is 144 Å². The van der Waals surface area contributed by atoms with Crippen molar-refractivity contribution < 1.29 is 17.2 Å². The maximum atomic E-state index is 13.7. The topological polar surface area (TPSA) is 49.4 Å². The Hall–Kier alpha value is -1.35. The number of nitrogens with zero attached hydrogens (tertiary/aromatic N) is 1. The zero-order valence-electron chi connectivity index (χ0n) is 12.9. The highest BCUT2D eigenvalue weighted by atomic mass is 32.2. The minimum absolute atomic E-state index is 0.134. The van der Waals surface area contributed by atoms with Crippen LogP contribution in [0.3, 0.4) is 0 Å². The molecule has 8 heteroatoms. The van der Waals surface area contributed by atoms with E-state index in [9.17, 15) is 17.2 Å². The van der Waals surface area contributed by atoms with Gasteiger partial charge in [-0.3, -0.25) is 4.90 Å². The first kappa shape index (κ1) is 17.5. The number of thiophene rings is 1. The molecular weight excluding hydrogens is 354 g/mol. The van der Waals surface area contributed by atoms with Crippen LogP contribution in [0.15, 0.2) is 39.9 Å². The molecule has 0 aliphatic carbocycles. The minimum Gasteiger partial charge on any atom is -0.299 e. The first-order valence-electron chi connectivity index (χ1n) is 7.67. The van der Waals surface area contributed by atoms with Crippen molar-refractivity contribution in [2.75, 3.05) is 13.1 Å². The van der Waals surface area contributed by atoms with E-state index in [1.807, 2.05) is 4.90 Å². The van der Waals surface area contributed by atoms with Gasteiger partial charge in [0, 0.05) is 31.2 Å². The Bertz CT molecular complexity index is 786. The Morgan fingerprint density at radius 2 is 1.92 bits per heavy atom. The number of rotatable bonds is 5. The van der Waals surface area contributed by atoms with Gasteiger partial charge < -0.3 is 0 Å². The van der Waals surface area contributed by atoms with Crippen molar-refractivity contribution in [3.8, 4) is 0 Å². The lowest BCUT2D eigenvalue weighted by molar-refractivity contribution is 0.197. The predicted octanol–water partition coefficient (Wildman–Crippen LogP) is 2.97. The molecule has 1 saturated heterocycles. The largest absolute Gasteiger partial charge is 0.299 e. The summed E-state index contributed by atoms with van der Waals surface area (Å²) in [5, 5.41) is 1.73. The van der Waals surface area contributed by atoms with Gasteiger partial charge in [-0.1, -0.05) is 18.2 Å². The van der Waals surface area contributed by atoms with Gasteiger partial charge in [0.1, 0.15) is 4.21 Å². The molecule has 0 atom stereocenters. The van der Waals surface area contributed by atoms with Gasteiger partial charge in [0.2, 0.25) is 10.0 Å². The molecule has 0 unspecified atom stereocenters. The molecule has 0 spiro atoms. The molecule has 1 aliphatic rings. The van der Waals surface area contributed by atoms with E-state index in [4.69, 9.17) is 0 Å². The molecule has 1 fully saturated rings. The van der Waals surface area contributed by atoms with Gasteiger partial charge in [0.05, 0.1) is 0 Å².